The normalized spacial score (nSPS) is 13.8. The van der Waals surface area contributed by atoms with Gasteiger partial charge in [0, 0.05) is 32.4 Å². The summed E-state index contributed by atoms with van der Waals surface area (Å²) >= 11 is 0. The van der Waals surface area contributed by atoms with Crippen molar-refractivity contribution in [2.24, 2.45) is 0 Å². The van der Waals surface area contributed by atoms with E-state index < -0.39 is 5.97 Å². The number of nitrogens with one attached hydrogen (secondary N) is 1. The van der Waals surface area contributed by atoms with Gasteiger partial charge in [-0.3, -0.25) is 14.2 Å². The van der Waals surface area contributed by atoms with Crippen molar-refractivity contribution in [1.29, 1.82) is 0 Å². The number of anilines is 1. The number of rotatable bonds is 5. The van der Waals surface area contributed by atoms with E-state index in [4.69, 9.17) is 0 Å². The first-order valence-electron chi connectivity index (χ1n) is 10.3. The van der Waals surface area contributed by atoms with Crippen LogP contribution in [0.1, 0.15) is 5.56 Å². The van der Waals surface area contributed by atoms with Crippen LogP contribution >= 0.6 is 0 Å². The maximum Gasteiger partial charge on any atom is 0.325 e. The number of aromatic nitrogens is 3. The number of nitrogens with zero attached hydrogens (tertiary/aromatic N) is 5. The molecule has 0 radical (unpaired) electrons. The summed E-state index contributed by atoms with van der Waals surface area (Å²) < 4.78 is 6.18. The predicted molar refractivity (Wildman–Crippen MR) is 119 cm³/mol. The van der Waals surface area contributed by atoms with E-state index in [1.54, 1.807) is 21.7 Å². The van der Waals surface area contributed by atoms with Crippen LogP contribution in [0.5, 0.6) is 0 Å². The lowest BCUT2D eigenvalue weighted by Crippen LogP contribution is -2.53. The summed E-state index contributed by atoms with van der Waals surface area (Å²) in [6.45, 7) is 1.91. The summed E-state index contributed by atoms with van der Waals surface area (Å²) in [5, 5.41) is 2.53. The summed E-state index contributed by atoms with van der Waals surface area (Å²) in [6.07, 6.45) is 1.65. The minimum absolute atomic E-state index is 0.182. The molecule has 10 heteroatoms. The number of amides is 2. The Balaban J connectivity index is 1.55. The predicted octanol–water partition coefficient (Wildman–Crippen LogP) is 0.844. The van der Waals surface area contributed by atoms with Crippen molar-refractivity contribution in [3.63, 3.8) is 0 Å². The highest BCUT2D eigenvalue weighted by atomic mass is 16.5. The second-order valence-corrected chi connectivity index (χ2v) is 7.37. The van der Waals surface area contributed by atoms with Gasteiger partial charge in [0.05, 0.1) is 13.7 Å². The zero-order chi connectivity index (χ0) is 22.5. The molecule has 1 aliphatic rings. The Morgan fingerprint density at radius 1 is 1.06 bits per heavy atom. The fraction of sp³-hybridized carbons (Fsp3) is 0.318. The second kappa shape index (κ2) is 9.46. The number of fused-ring (bicyclic) bond motifs is 1. The van der Waals surface area contributed by atoms with Crippen LogP contribution in [0, 0.1) is 0 Å². The van der Waals surface area contributed by atoms with Gasteiger partial charge in [0.2, 0.25) is 0 Å². The quantitative estimate of drug-likeness (QED) is 0.591. The zero-order valence-electron chi connectivity index (χ0n) is 17.7. The third-order valence-electron chi connectivity index (χ3n) is 5.35. The van der Waals surface area contributed by atoms with Gasteiger partial charge in [-0.1, -0.05) is 30.3 Å². The molecule has 0 saturated carbocycles. The number of piperazine rings is 1. The fourth-order valence-electron chi connectivity index (χ4n) is 3.63. The molecule has 166 valence electrons. The molecule has 1 aliphatic heterocycles. The van der Waals surface area contributed by atoms with Crippen LogP contribution in [0.25, 0.3) is 11.2 Å². The minimum Gasteiger partial charge on any atom is -0.468 e. The maximum atomic E-state index is 13.4. The summed E-state index contributed by atoms with van der Waals surface area (Å²) in [4.78, 5) is 49.3. The number of carbonyl (C=O) groups is 2. The first-order chi connectivity index (χ1) is 15.6. The van der Waals surface area contributed by atoms with Crippen LogP contribution in [-0.2, 0) is 16.1 Å². The average molecular weight is 436 g/mol. The highest BCUT2D eigenvalue weighted by Gasteiger charge is 2.25. The molecule has 0 aliphatic carbocycles. The third kappa shape index (κ3) is 4.53. The summed E-state index contributed by atoms with van der Waals surface area (Å²) in [5.74, 6) is -0.166. The van der Waals surface area contributed by atoms with Crippen molar-refractivity contribution in [1.82, 2.24) is 24.8 Å². The van der Waals surface area contributed by atoms with E-state index >= 15 is 0 Å². The van der Waals surface area contributed by atoms with E-state index in [2.05, 4.69) is 20.0 Å². The van der Waals surface area contributed by atoms with Crippen LogP contribution in [0.3, 0.4) is 0 Å². The van der Waals surface area contributed by atoms with Crippen molar-refractivity contribution in [3.8, 4) is 0 Å². The molecule has 3 heterocycles. The number of benzene rings is 1. The first-order valence-corrected chi connectivity index (χ1v) is 10.3. The number of carbonyl (C=O) groups excluding carboxylic acids is 2. The molecule has 1 fully saturated rings. The van der Waals surface area contributed by atoms with Crippen molar-refractivity contribution in [2.75, 3.05) is 44.7 Å². The summed E-state index contributed by atoms with van der Waals surface area (Å²) in [5.41, 5.74) is 1.94. The van der Waals surface area contributed by atoms with Crippen molar-refractivity contribution >= 4 is 29.0 Å². The van der Waals surface area contributed by atoms with E-state index in [1.165, 1.54) is 7.11 Å². The molecule has 1 N–H and O–H groups in total. The minimum atomic E-state index is -0.509. The van der Waals surface area contributed by atoms with Gasteiger partial charge in [-0.2, -0.15) is 0 Å². The number of hydrogen-bond donors (Lipinski definition) is 1. The van der Waals surface area contributed by atoms with E-state index in [0.717, 1.165) is 5.56 Å². The molecule has 1 saturated heterocycles. The van der Waals surface area contributed by atoms with Gasteiger partial charge in [0.25, 0.3) is 5.56 Å². The number of hydrogen-bond acceptors (Lipinski definition) is 7. The largest absolute Gasteiger partial charge is 0.468 e. The van der Waals surface area contributed by atoms with E-state index in [9.17, 15) is 14.4 Å². The lowest BCUT2D eigenvalue weighted by Gasteiger charge is -2.35. The van der Waals surface area contributed by atoms with Gasteiger partial charge in [0.15, 0.2) is 11.5 Å². The molecule has 0 atom stereocenters. The van der Waals surface area contributed by atoms with Gasteiger partial charge >= 0.3 is 12.0 Å². The molecule has 2 aromatic heterocycles. The Morgan fingerprint density at radius 2 is 1.81 bits per heavy atom. The van der Waals surface area contributed by atoms with Crippen molar-refractivity contribution < 1.29 is 14.3 Å². The van der Waals surface area contributed by atoms with E-state index in [0.29, 0.717) is 49.7 Å². The molecule has 0 spiro atoms. The fourth-order valence-corrected chi connectivity index (χ4v) is 3.63. The van der Waals surface area contributed by atoms with E-state index in [1.807, 2.05) is 41.3 Å². The van der Waals surface area contributed by atoms with Crippen LogP contribution in [0.4, 0.5) is 10.6 Å². The molecule has 10 nitrogen and oxygen atoms in total. The Labute approximate surface area is 184 Å². The number of pyridine rings is 1. The van der Waals surface area contributed by atoms with Gasteiger partial charge < -0.3 is 19.9 Å². The number of urea groups is 1. The van der Waals surface area contributed by atoms with Crippen LogP contribution in [0.2, 0.25) is 0 Å². The molecule has 1 aromatic carbocycles. The third-order valence-corrected chi connectivity index (χ3v) is 5.35. The Morgan fingerprint density at radius 3 is 2.53 bits per heavy atom. The van der Waals surface area contributed by atoms with Gasteiger partial charge in [-0.05, 0) is 17.7 Å². The highest BCUT2D eigenvalue weighted by Crippen LogP contribution is 2.16. The van der Waals surface area contributed by atoms with Crippen LogP contribution in [0.15, 0.2) is 53.5 Å². The maximum absolute atomic E-state index is 13.4. The number of methoxy groups -OCH3 is 1. The summed E-state index contributed by atoms with van der Waals surface area (Å²) in [7, 11) is 1.27. The smallest absolute Gasteiger partial charge is 0.325 e. The average Bonchev–Trinajstić information content (AvgIpc) is 2.84. The molecule has 4 rings (SSSR count). The molecule has 0 unspecified atom stereocenters. The van der Waals surface area contributed by atoms with Crippen LogP contribution < -0.4 is 15.8 Å². The van der Waals surface area contributed by atoms with Crippen molar-refractivity contribution in [2.45, 2.75) is 6.54 Å². The van der Waals surface area contributed by atoms with Crippen molar-refractivity contribution in [3.05, 3.63) is 64.6 Å². The lowest BCUT2D eigenvalue weighted by atomic mass is 10.2. The molecule has 0 bridgehead atoms. The highest BCUT2D eigenvalue weighted by molar-refractivity contribution is 5.81. The van der Waals surface area contributed by atoms with E-state index in [-0.39, 0.29) is 18.1 Å². The van der Waals surface area contributed by atoms with Gasteiger partial charge in [-0.25, -0.2) is 14.8 Å². The standard InChI is InChI=1S/C22H24N6O4/c1-32-18(29)14-24-22(31)27-12-10-26(11-13-27)20-21(30)28(15-16-6-3-2-4-7-16)19-17(25-20)8-5-9-23-19/h2-9H,10-15H2,1H3,(H,24,31). The van der Waals surface area contributed by atoms with Crippen LogP contribution in [-0.4, -0.2) is 71.3 Å². The molecular formula is C22H24N6O4. The zero-order valence-corrected chi connectivity index (χ0v) is 17.7. The topological polar surface area (TPSA) is 110 Å². The molecule has 32 heavy (non-hydrogen) atoms. The van der Waals surface area contributed by atoms with Gasteiger partial charge in [-0.15, -0.1) is 0 Å². The second-order valence-electron chi connectivity index (χ2n) is 7.37. The first kappa shape index (κ1) is 21.3. The molecular weight excluding hydrogens is 412 g/mol. The number of esters is 1. The monoisotopic (exact) mass is 436 g/mol. The molecule has 3 aromatic rings. The lowest BCUT2D eigenvalue weighted by molar-refractivity contribution is -0.139. The Hall–Kier alpha value is -3.95. The molecule has 2 amide bonds. The Kier molecular flexibility index (Phi) is 6.29. The SMILES string of the molecule is COC(=O)CNC(=O)N1CCN(c2nc3cccnc3n(Cc3ccccc3)c2=O)CC1. The van der Waals surface area contributed by atoms with Gasteiger partial charge in [0.1, 0.15) is 12.1 Å². The number of ether oxygens (including phenoxy) is 1. The Bertz CT molecular complexity index is 1170. The summed E-state index contributed by atoms with van der Waals surface area (Å²) in [6, 6.07) is 13.0.